The first-order valence-corrected chi connectivity index (χ1v) is 5.29. The fraction of sp³-hybridized carbons (Fsp3) is 0.500. The van der Waals surface area contributed by atoms with Crippen LogP contribution in [0.1, 0.15) is 31.9 Å². The molecule has 0 spiro atoms. The first-order chi connectivity index (χ1) is 7.17. The predicted molar refractivity (Wildman–Crippen MR) is 59.1 cm³/mol. The van der Waals surface area contributed by atoms with Crippen LogP contribution in [-0.4, -0.2) is 17.8 Å². The molecule has 0 fully saturated rings. The molecule has 2 N–H and O–H groups in total. The molecule has 0 saturated heterocycles. The van der Waals surface area contributed by atoms with Crippen molar-refractivity contribution in [3.8, 4) is 0 Å². The number of benzene rings is 1. The van der Waals surface area contributed by atoms with Gasteiger partial charge in [0.2, 0.25) is 0 Å². The van der Waals surface area contributed by atoms with E-state index in [9.17, 15) is 4.39 Å². The van der Waals surface area contributed by atoms with Crippen molar-refractivity contribution < 1.29 is 9.50 Å². The van der Waals surface area contributed by atoms with Gasteiger partial charge in [0.15, 0.2) is 0 Å². The molecule has 0 unspecified atom stereocenters. The van der Waals surface area contributed by atoms with Gasteiger partial charge in [-0.3, -0.25) is 0 Å². The largest absolute Gasteiger partial charge is 0.395 e. The van der Waals surface area contributed by atoms with Gasteiger partial charge in [0.05, 0.1) is 6.61 Å². The summed E-state index contributed by atoms with van der Waals surface area (Å²) in [5.41, 5.74) is 1.03. The van der Waals surface area contributed by atoms with Gasteiger partial charge in [-0.1, -0.05) is 19.1 Å². The highest BCUT2D eigenvalue weighted by molar-refractivity contribution is 5.19. The van der Waals surface area contributed by atoms with Crippen molar-refractivity contribution in [2.45, 2.75) is 32.4 Å². The maximum absolute atomic E-state index is 12.7. The molecule has 2 atom stereocenters. The first kappa shape index (κ1) is 12.1. The van der Waals surface area contributed by atoms with E-state index in [1.165, 1.54) is 12.1 Å². The van der Waals surface area contributed by atoms with Crippen LogP contribution in [0.2, 0.25) is 0 Å². The molecule has 0 aliphatic carbocycles. The second-order valence-corrected chi connectivity index (χ2v) is 3.73. The highest BCUT2D eigenvalue weighted by Gasteiger charge is 2.10. The van der Waals surface area contributed by atoms with Gasteiger partial charge in [-0.2, -0.15) is 0 Å². The molecule has 0 aliphatic rings. The zero-order valence-electron chi connectivity index (χ0n) is 9.20. The second-order valence-electron chi connectivity index (χ2n) is 3.73. The smallest absolute Gasteiger partial charge is 0.123 e. The molecule has 0 radical (unpaired) electrons. The highest BCUT2D eigenvalue weighted by atomic mass is 19.1. The fourth-order valence-corrected chi connectivity index (χ4v) is 1.50. The van der Waals surface area contributed by atoms with E-state index in [1.807, 2.05) is 13.8 Å². The molecule has 1 aromatic carbocycles. The quantitative estimate of drug-likeness (QED) is 0.783. The molecule has 0 saturated carbocycles. The van der Waals surface area contributed by atoms with Crippen LogP contribution in [0.5, 0.6) is 0 Å². The monoisotopic (exact) mass is 211 g/mol. The number of aliphatic hydroxyl groups is 1. The van der Waals surface area contributed by atoms with Crippen LogP contribution in [0.4, 0.5) is 4.39 Å². The molecule has 84 valence electrons. The Bertz CT molecular complexity index is 282. The minimum absolute atomic E-state index is 0.102. The van der Waals surface area contributed by atoms with Crippen LogP contribution in [0, 0.1) is 5.82 Å². The summed E-state index contributed by atoms with van der Waals surface area (Å²) in [4.78, 5) is 0. The van der Waals surface area contributed by atoms with E-state index in [4.69, 9.17) is 5.11 Å². The molecule has 1 aromatic rings. The first-order valence-electron chi connectivity index (χ1n) is 5.29. The molecule has 15 heavy (non-hydrogen) atoms. The van der Waals surface area contributed by atoms with E-state index < -0.39 is 0 Å². The molecular formula is C12H18FNO. The minimum Gasteiger partial charge on any atom is -0.395 e. The van der Waals surface area contributed by atoms with Crippen molar-refractivity contribution in [1.29, 1.82) is 0 Å². The lowest BCUT2D eigenvalue weighted by Gasteiger charge is -2.20. The standard InChI is InChI=1S/C12H18FNO/c1-3-12(8-15)14-9(2)10-4-6-11(13)7-5-10/h4-7,9,12,14-15H,3,8H2,1-2H3/t9-,12-/m1/s1. The van der Waals surface area contributed by atoms with Crippen LogP contribution in [0.15, 0.2) is 24.3 Å². The Balaban J connectivity index is 2.60. The average molecular weight is 211 g/mol. The number of nitrogens with one attached hydrogen (secondary N) is 1. The second kappa shape index (κ2) is 5.83. The SMILES string of the molecule is CC[C@H](CO)N[C@H](C)c1ccc(F)cc1. The molecule has 0 bridgehead atoms. The van der Waals surface area contributed by atoms with Crippen molar-refractivity contribution in [2.75, 3.05) is 6.61 Å². The van der Waals surface area contributed by atoms with Crippen molar-refractivity contribution in [1.82, 2.24) is 5.32 Å². The summed E-state index contributed by atoms with van der Waals surface area (Å²) < 4.78 is 12.7. The molecule has 0 heterocycles. The third kappa shape index (κ3) is 3.61. The van der Waals surface area contributed by atoms with Crippen LogP contribution < -0.4 is 5.32 Å². The van der Waals surface area contributed by atoms with Crippen LogP contribution >= 0.6 is 0 Å². The Morgan fingerprint density at radius 1 is 1.33 bits per heavy atom. The third-order valence-electron chi connectivity index (χ3n) is 2.57. The van der Waals surface area contributed by atoms with E-state index in [-0.39, 0.29) is 24.5 Å². The van der Waals surface area contributed by atoms with E-state index in [2.05, 4.69) is 5.32 Å². The predicted octanol–water partition coefficient (Wildman–Crippen LogP) is 2.25. The van der Waals surface area contributed by atoms with Crippen molar-refractivity contribution in [3.63, 3.8) is 0 Å². The molecule has 3 heteroatoms. The number of halogens is 1. The number of hydrogen-bond donors (Lipinski definition) is 2. The Labute approximate surface area is 90.1 Å². The summed E-state index contributed by atoms with van der Waals surface area (Å²) in [6.45, 7) is 4.15. The number of aliphatic hydroxyl groups excluding tert-OH is 1. The van der Waals surface area contributed by atoms with Crippen LogP contribution in [0.25, 0.3) is 0 Å². The summed E-state index contributed by atoms with van der Waals surface area (Å²) in [6, 6.07) is 6.66. The average Bonchev–Trinajstić information content (AvgIpc) is 2.26. The van der Waals surface area contributed by atoms with Gasteiger partial charge in [-0.05, 0) is 31.0 Å². The highest BCUT2D eigenvalue weighted by Crippen LogP contribution is 2.13. The Morgan fingerprint density at radius 2 is 1.93 bits per heavy atom. The summed E-state index contributed by atoms with van der Waals surface area (Å²) in [5, 5.41) is 12.3. The van der Waals surface area contributed by atoms with Crippen molar-refractivity contribution in [3.05, 3.63) is 35.6 Å². The van der Waals surface area contributed by atoms with E-state index in [1.54, 1.807) is 12.1 Å². The Hall–Kier alpha value is -0.930. The Morgan fingerprint density at radius 3 is 2.40 bits per heavy atom. The van der Waals surface area contributed by atoms with E-state index >= 15 is 0 Å². The normalized spacial score (nSPS) is 14.9. The third-order valence-corrected chi connectivity index (χ3v) is 2.57. The molecule has 1 rings (SSSR count). The lowest BCUT2D eigenvalue weighted by molar-refractivity contribution is 0.230. The lowest BCUT2D eigenvalue weighted by atomic mass is 10.1. The fourth-order valence-electron chi connectivity index (χ4n) is 1.50. The zero-order chi connectivity index (χ0) is 11.3. The maximum atomic E-state index is 12.7. The van der Waals surface area contributed by atoms with Gasteiger partial charge in [0.25, 0.3) is 0 Å². The molecule has 2 nitrogen and oxygen atoms in total. The van der Waals surface area contributed by atoms with Gasteiger partial charge in [-0.25, -0.2) is 4.39 Å². The van der Waals surface area contributed by atoms with Gasteiger partial charge in [0.1, 0.15) is 5.82 Å². The maximum Gasteiger partial charge on any atom is 0.123 e. The molecule has 0 amide bonds. The van der Waals surface area contributed by atoms with Crippen molar-refractivity contribution >= 4 is 0 Å². The van der Waals surface area contributed by atoms with Crippen molar-refractivity contribution in [2.24, 2.45) is 0 Å². The topological polar surface area (TPSA) is 32.3 Å². The molecular weight excluding hydrogens is 193 g/mol. The van der Waals surface area contributed by atoms with Gasteiger partial charge in [-0.15, -0.1) is 0 Å². The summed E-state index contributed by atoms with van der Waals surface area (Å²) >= 11 is 0. The van der Waals surface area contributed by atoms with Gasteiger partial charge in [0, 0.05) is 12.1 Å². The van der Waals surface area contributed by atoms with Crippen LogP contribution in [-0.2, 0) is 0 Å². The van der Waals surface area contributed by atoms with E-state index in [0.29, 0.717) is 0 Å². The summed E-state index contributed by atoms with van der Waals surface area (Å²) in [6.07, 6.45) is 0.877. The summed E-state index contributed by atoms with van der Waals surface area (Å²) in [5.74, 6) is -0.222. The minimum atomic E-state index is -0.222. The lowest BCUT2D eigenvalue weighted by Crippen LogP contribution is -2.33. The Kier molecular flexibility index (Phi) is 4.72. The van der Waals surface area contributed by atoms with Gasteiger partial charge < -0.3 is 10.4 Å². The van der Waals surface area contributed by atoms with Crippen LogP contribution in [0.3, 0.4) is 0 Å². The number of hydrogen-bond acceptors (Lipinski definition) is 2. The van der Waals surface area contributed by atoms with E-state index in [0.717, 1.165) is 12.0 Å². The number of rotatable bonds is 5. The molecule has 0 aliphatic heterocycles. The zero-order valence-corrected chi connectivity index (χ0v) is 9.20. The molecule has 0 aromatic heterocycles. The van der Waals surface area contributed by atoms with Gasteiger partial charge >= 0.3 is 0 Å². The summed E-state index contributed by atoms with van der Waals surface area (Å²) in [7, 11) is 0.